The number of esters is 2. The first-order valence-corrected chi connectivity index (χ1v) is 41.6. The number of hydrogen-bond acceptors (Lipinski definition) is 27. The van der Waals surface area contributed by atoms with Crippen LogP contribution in [0.5, 0.6) is 28.7 Å². The second-order valence-corrected chi connectivity index (χ2v) is 29.0. The Labute approximate surface area is 801 Å². The van der Waals surface area contributed by atoms with Crippen molar-refractivity contribution in [1.82, 2.24) is 0 Å². The van der Waals surface area contributed by atoms with E-state index >= 15 is 0 Å². The summed E-state index contributed by atoms with van der Waals surface area (Å²) >= 11 is 19.1. The number of ketones is 2. The van der Waals surface area contributed by atoms with E-state index < -0.39 is 23.9 Å². The molecule has 24 nitrogen and oxygen atoms in total. The van der Waals surface area contributed by atoms with Gasteiger partial charge >= 0.3 is 77.0 Å². The zero-order chi connectivity index (χ0) is 87.7. The van der Waals surface area contributed by atoms with E-state index in [1.54, 1.807) is 111 Å². The SMILES string of the molecule is C1CCOC1.CC(=O)O.CC(=O)O.COC(=O)c1ccsc1.COCCl.COCOc1ccc(C)cc1/C(=C/C(=O)O)c1ccsc1.COCOc1ccc(C)cc1/C(=C/C(=O)OC)c1ccsc1.COCOc1ccc(C)cc1C(=O)c1ccsc1.Cc1ccc(O)c(C(=O)c2ccsc2)c1.Cc1ccc(O)cc1.O=C(Cl)c1ccsc1.[H-].[Mn].[Na+].[Na+].[OH-]. The van der Waals surface area contributed by atoms with Crippen LogP contribution in [-0.4, -0.2) is 160 Å². The molecule has 0 spiro atoms. The zero-order valence-electron chi connectivity index (χ0n) is 71.1. The van der Waals surface area contributed by atoms with Crippen molar-refractivity contribution in [3.63, 3.8) is 0 Å². The van der Waals surface area contributed by atoms with E-state index in [0.717, 1.165) is 77.1 Å². The number of methoxy groups -OCH3 is 6. The Kier molecular flexibility index (Phi) is 68.1. The number of thiophene rings is 6. The fourth-order valence-corrected chi connectivity index (χ4v) is 12.9. The minimum Gasteiger partial charge on any atom is -1.00 e. The van der Waals surface area contributed by atoms with E-state index in [2.05, 4.69) is 9.47 Å². The van der Waals surface area contributed by atoms with Crippen molar-refractivity contribution in [2.24, 2.45) is 0 Å². The molecule has 35 heteroatoms. The molecule has 649 valence electrons. The maximum atomic E-state index is 12.3. The summed E-state index contributed by atoms with van der Waals surface area (Å²) in [5, 5.41) is 64.2. The van der Waals surface area contributed by atoms with Gasteiger partial charge in [-0.25, -0.2) is 14.4 Å². The topological polar surface area (TPSA) is 360 Å². The van der Waals surface area contributed by atoms with Crippen molar-refractivity contribution in [2.75, 3.05) is 82.3 Å². The van der Waals surface area contributed by atoms with Crippen molar-refractivity contribution >= 4 is 149 Å². The van der Waals surface area contributed by atoms with E-state index in [1.807, 2.05) is 162 Å². The van der Waals surface area contributed by atoms with Crippen LogP contribution in [0.3, 0.4) is 0 Å². The van der Waals surface area contributed by atoms with Crippen LogP contribution in [0.1, 0.15) is 131 Å². The number of hydrogen-bond donors (Lipinski definition) is 5. The molecule has 1 radical (unpaired) electrons. The van der Waals surface area contributed by atoms with Gasteiger partial charge in [-0.15, -0.1) is 0 Å². The first-order chi connectivity index (χ1) is 56.5. The maximum Gasteiger partial charge on any atom is 1.00 e. The fraction of sp³-hybridized carbons (Fsp3) is 0.241. The number of phenolic OH excluding ortho intramolecular Hbond substituents is 2. The number of ether oxygens (including phenoxy) is 10. The van der Waals surface area contributed by atoms with E-state index in [0.29, 0.717) is 68.0 Å². The molecule has 6 aromatic heterocycles. The normalized spacial score (nSPS) is 10.3. The smallest absolute Gasteiger partial charge is 1.00 e. The molecule has 7 heterocycles. The number of benzene rings is 5. The van der Waals surface area contributed by atoms with Gasteiger partial charge in [-0.1, -0.05) is 75.8 Å². The number of aliphatic carboxylic acids is 3. The minimum absolute atomic E-state index is 0. The largest absolute Gasteiger partial charge is 1.00 e. The number of carboxylic acid groups (broad SMARTS) is 3. The van der Waals surface area contributed by atoms with Crippen LogP contribution < -0.4 is 73.3 Å². The summed E-state index contributed by atoms with van der Waals surface area (Å²) in [7, 11) is 8.95. The fourth-order valence-electron chi connectivity index (χ4n) is 8.90. The summed E-state index contributed by atoms with van der Waals surface area (Å²) in [6, 6.07) is 40.3. The number of alkyl halides is 1. The van der Waals surface area contributed by atoms with Crippen LogP contribution >= 0.6 is 91.2 Å². The Morgan fingerprint density at radius 3 is 1.03 bits per heavy atom. The van der Waals surface area contributed by atoms with Gasteiger partial charge in [-0.2, -0.15) is 68.0 Å². The summed E-state index contributed by atoms with van der Waals surface area (Å²) in [4.78, 5) is 86.1. The molecule has 0 bridgehead atoms. The number of halogens is 2. The van der Waals surface area contributed by atoms with Crippen LogP contribution in [-0.2, 0) is 69.4 Å². The quantitative estimate of drug-likeness (QED) is 0.00800. The summed E-state index contributed by atoms with van der Waals surface area (Å²) in [6.45, 7) is 14.3. The summed E-state index contributed by atoms with van der Waals surface area (Å²) in [6.07, 6.45) is 5.24. The monoisotopic (exact) mass is 1890 g/mol. The average molecular weight is 1890 g/mol. The molecule has 6 N–H and O–H groups in total. The second-order valence-electron chi connectivity index (χ2n) is 23.7. The Morgan fingerprint density at radius 2 is 0.738 bits per heavy atom. The van der Waals surface area contributed by atoms with Gasteiger partial charge in [0.2, 0.25) is 0 Å². The number of carbonyl (C=O) groups excluding carboxylic acids is 5. The number of aromatic hydroxyl groups is 2. The summed E-state index contributed by atoms with van der Waals surface area (Å²) < 4.78 is 49.9. The van der Waals surface area contributed by atoms with Gasteiger partial charge in [0, 0.05) is 145 Å². The minimum atomic E-state index is -0.990. The second kappa shape index (κ2) is 70.3. The van der Waals surface area contributed by atoms with Crippen molar-refractivity contribution in [2.45, 2.75) is 61.3 Å². The molecule has 0 aliphatic carbocycles. The molecule has 1 saturated heterocycles. The van der Waals surface area contributed by atoms with Crippen molar-refractivity contribution in [3.05, 3.63) is 294 Å². The molecular formula is C87H98Cl2MnNa2O24S6. The Hall–Kier alpha value is -8.00. The first kappa shape index (κ1) is 118. The molecule has 0 unspecified atom stereocenters. The maximum absolute atomic E-state index is 12.3. The van der Waals surface area contributed by atoms with Crippen molar-refractivity contribution < 1.29 is 194 Å². The third-order valence-corrected chi connectivity index (χ3v) is 18.8. The Balaban J connectivity index is -0.000000660. The molecule has 0 atom stereocenters. The van der Waals surface area contributed by atoms with Gasteiger partial charge in [0.05, 0.1) is 30.9 Å². The van der Waals surface area contributed by atoms with Crippen molar-refractivity contribution in [3.8, 4) is 28.7 Å². The van der Waals surface area contributed by atoms with Crippen LogP contribution in [0.2, 0.25) is 0 Å². The number of rotatable bonds is 22. The molecule has 1 aliphatic rings. The average Bonchev–Trinajstić information content (AvgIpc) is 1.79. The molecule has 12 rings (SSSR count). The van der Waals surface area contributed by atoms with Gasteiger partial charge in [0.15, 0.2) is 31.9 Å². The van der Waals surface area contributed by atoms with Crippen LogP contribution in [0.4, 0.5) is 0 Å². The van der Waals surface area contributed by atoms with Crippen LogP contribution in [0.25, 0.3) is 11.1 Å². The standard InChI is InChI=1S/C17H18O4S.C16H16O4S.C14H14O3S.C12H10O2S.C7H8O.C6H6O2S.C5H3ClOS.C4H8O.C2H5ClO.2C2H4O2.Mn.2Na.H2O.H/c1-12-4-5-16(21-11-19-2)15(8-12)14(9-17(18)20-3)13-6-7-22-10-13;1-11-3-4-15(20-10-19-2)14(7-11)13(8-16(17)18)12-5-6-21-9-12;1-10-3-4-13(17-9-16-2)12(7-10)14(15)11-5-6-18-8-11;1-8-2-3-11(13)10(6-8)12(14)9-4-5-15-7-9;1-6-2-4-7(8)5-3-6;1-8-6(7)5-2-3-9-4-5;6-5(7)4-1-2-8-3-4;1-2-4-5-3-1;1-4-2-3;2*1-2(3)4;;;;;/h4-10H,11H2,1-3H3;3-9H,10H2,1-2H3,(H,17,18);3-8H,9H2,1-2H3;2-7,13H,1H3;2-5,8H,1H3;2-4H,1H3;1-3H;1-4H2;2H2,1H3;2*1H3,(H,3,4);;;;1H2;/q;;;;;;;;;;;;2*+1;;-1/p-1/b14-9+;13-8+;;;;;;;;;;;;;;. The number of carbonyl (C=O) groups is 8. The van der Waals surface area contributed by atoms with Crippen LogP contribution in [0, 0.1) is 34.6 Å². The molecular weight excluding hydrogens is 1790 g/mol. The molecule has 1 aliphatic heterocycles. The Morgan fingerprint density at radius 1 is 0.426 bits per heavy atom. The van der Waals surface area contributed by atoms with Crippen LogP contribution in [0.15, 0.2) is 210 Å². The molecule has 5 aromatic carbocycles. The zero-order valence-corrected chi connectivity index (χ0v) is 81.6. The summed E-state index contributed by atoms with van der Waals surface area (Å²) in [5.74, 6) is -1.29. The first-order valence-electron chi connectivity index (χ1n) is 35.0. The van der Waals surface area contributed by atoms with E-state index in [1.165, 1.54) is 101 Å². The predicted molar refractivity (Wildman–Crippen MR) is 472 cm³/mol. The number of aryl methyl sites for hydroxylation is 5. The molecule has 1 fully saturated rings. The van der Waals surface area contributed by atoms with Crippen molar-refractivity contribution in [1.29, 1.82) is 0 Å². The van der Waals surface area contributed by atoms with Gasteiger partial charge < -0.3 is 79.8 Å². The van der Waals surface area contributed by atoms with Gasteiger partial charge in [0.1, 0.15) is 34.8 Å². The number of phenols is 2. The third kappa shape index (κ3) is 50.1. The molecule has 0 amide bonds. The van der Waals surface area contributed by atoms with E-state index in [-0.39, 0.29) is 132 Å². The number of carboxylic acids is 3. The molecule has 122 heavy (non-hydrogen) atoms. The van der Waals surface area contributed by atoms with Gasteiger partial charge in [0.25, 0.3) is 17.2 Å². The van der Waals surface area contributed by atoms with E-state index in [4.69, 9.17) is 91.1 Å². The van der Waals surface area contributed by atoms with Gasteiger partial charge in [-0.05, 0) is 210 Å². The third-order valence-electron chi connectivity index (χ3n) is 14.2. The predicted octanol–water partition coefficient (Wildman–Crippen LogP) is 14.6. The molecule has 11 aromatic rings. The van der Waals surface area contributed by atoms with E-state index in [9.17, 15) is 33.9 Å². The molecule has 0 saturated carbocycles. The summed E-state index contributed by atoms with van der Waals surface area (Å²) in [5.41, 5.74) is 13.5. The Bertz CT molecular complexity index is 4730. The van der Waals surface area contributed by atoms with Gasteiger partial charge in [-0.3, -0.25) is 24.0 Å².